The summed E-state index contributed by atoms with van der Waals surface area (Å²) < 4.78 is 20.9. The van der Waals surface area contributed by atoms with E-state index in [4.69, 9.17) is 4.52 Å². The number of halogens is 1. The van der Waals surface area contributed by atoms with Crippen LogP contribution in [0.15, 0.2) is 59.6 Å². The first-order valence-electron chi connectivity index (χ1n) is 10.3. The van der Waals surface area contributed by atoms with E-state index >= 15 is 0 Å². The molecule has 2 aromatic carbocycles. The van der Waals surface area contributed by atoms with Crippen LogP contribution in [-0.2, 0) is 6.42 Å². The highest BCUT2D eigenvalue weighted by atomic mass is 19.1. The second kappa shape index (κ2) is 9.18. The van der Waals surface area contributed by atoms with Crippen LogP contribution in [0.1, 0.15) is 36.4 Å². The van der Waals surface area contributed by atoms with Gasteiger partial charge in [0.2, 0.25) is 11.7 Å². The van der Waals surface area contributed by atoms with Crippen molar-refractivity contribution >= 4 is 0 Å². The summed E-state index contributed by atoms with van der Waals surface area (Å²) in [5.41, 5.74) is 3.43. The van der Waals surface area contributed by atoms with E-state index in [0.717, 1.165) is 18.7 Å². The van der Waals surface area contributed by atoms with E-state index in [1.54, 1.807) is 30.1 Å². The zero-order chi connectivity index (χ0) is 21.8. The average molecular weight is 420 g/mol. The molecule has 1 unspecified atom stereocenters. The van der Waals surface area contributed by atoms with Crippen molar-refractivity contribution in [2.24, 2.45) is 0 Å². The van der Waals surface area contributed by atoms with Gasteiger partial charge in [-0.2, -0.15) is 10.1 Å². The van der Waals surface area contributed by atoms with Crippen LogP contribution in [0, 0.1) is 12.7 Å². The summed E-state index contributed by atoms with van der Waals surface area (Å²) in [7, 11) is 2.10. The van der Waals surface area contributed by atoms with Gasteiger partial charge in [0, 0.05) is 18.0 Å². The Balaban J connectivity index is 1.30. The highest BCUT2D eigenvalue weighted by Gasteiger charge is 2.14. The highest BCUT2D eigenvalue weighted by Crippen LogP contribution is 2.22. The van der Waals surface area contributed by atoms with Crippen molar-refractivity contribution in [3.8, 4) is 17.1 Å². The number of hydrogen-bond donors (Lipinski definition) is 0. The fourth-order valence-corrected chi connectivity index (χ4v) is 3.38. The number of nitrogens with zero attached hydrogens (tertiary/aromatic N) is 6. The van der Waals surface area contributed by atoms with E-state index in [2.05, 4.69) is 51.2 Å². The molecule has 1 atom stereocenters. The summed E-state index contributed by atoms with van der Waals surface area (Å²) in [6.07, 6.45) is 4.75. The number of rotatable bonds is 8. The lowest BCUT2D eigenvalue weighted by Gasteiger charge is -2.25. The van der Waals surface area contributed by atoms with Crippen LogP contribution in [-0.4, -0.2) is 43.4 Å². The molecule has 8 heteroatoms. The topological polar surface area (TPSA) is 72.9 Å². The maximum Gasteiger partial charge on any atom is 0.227 e. The lowest BCUT2D eigenvalue weighted by Crippen LogP contribution is -2.24. The fourth-order valence-electron chi connectivity index (χ4n) is 3.38. The molecule has 160 valence electrons. The molecule has 0 spiro atoms. The minimum Gasteiger partial charge on any atom is -0.339 e. The number of hydrogen-bond acceptors (Lipinski definition) is 6. The Morgan fingerprint density at radius 2 is 1.97 bits per heavy atom. The van der Waals surface area contributed by atoms with E-state index in [9.17, 15) is 4.39 Å². The maximum atomic E-state index is 13.8. The molecule has 0 aliphatic carbocycles. The summed E-state index contributed by atoms with van der Waals surface area (Å²) in [6, 6.07) is 13.5. The molecule has 4 rings (SSSR count). The van der Waals surface area contributed by atoms with Gasteiger partial charge in [0.15, 0.2) is 0 Å². The van der Waals surface area contributed by atoms with Gasteiger partial charge in [0.05, 0.1) is 5.69 Å². The average Bonchev–Trinajstić information content (AvgIpc) is 3.48. The van der Waals surface area contributed by atoms with Crippen molar-refractivity contribution in [3.63, 3.8) is 0 Å². The molecule has 0 saturated heterocycles. The van der Waals surface area contributed by atoms with Crippen LogP contribution in [0.3, 0.4) is 0 Å². The van der Waals surface area contributed by atoms with Crippen molar-refractivity contribution in [3.05, 3.63) is 78.0 Å². The van der Waals surface area contributed by atoms with Crippen molar-refractivity contribution in [2.75, 3.05) is 13.6 Å². The Bertz CT molecular complexity index is 1120. The van der Waals surface area contributed by atoms with Crippen molar-refractivity contribution in [1.82, 2.24) is 29.8 Å². The first-order chi connectivity index (χ1) is 15.0. The van der Waals surface area contributed by atoms with Gasteiger partial charge in [-0.25, -0.2) is 14.1 Å². The minimum atomic E-state index is -0.270. The molecule has 0 radical (unpaired) electrons. The van der Waals surface area contributed by atoms with Crippen molar-refractivity contribution in [2.45, 2.75) is 32.7 Å². The highest BCUT2D eigenvalue weighted by molar-refractivity contribution is 5.54. The van der Waals surface area contributed by atoms with E-state index in [0.29, 0.717) is 29.3 Å². The molecule has 0 amide bonds. The van der Waals surface area contributed by atoms with E-state index in [1.165, 1.54) is 18.0 Å². The lowest BCUT2D eigenvalue weighted by molar-refractivity contribution is 0.254. The van der Waals surface area contributed by atoms with Crippen LogP contribution in [0.5, 0.6) is 0 Å². The van der Waals surface area contributed by atoms with Crippen LogP contribution < -0.4 is 0 Å². The summed E-state index contributed by atoms with van der Waals surface area (Å²) in [4.78, 5) is 10.7. The van der Waals surface area contributed by atoms with Gasteiger partial charge in [0.1, 0.15) is 18.5 Å². The molecular formula is C23H25FN6O. The van der Waals surface area contributed by atoms with Gasteiger partial charge in [-0.1, -0.05) is 29.4 Å². The lowest BCUT2D eigenvalue weighted by atomic mass is 10.1. The molecule has 0 saturated carbocycles. The molecule has 7 nitrogen and oxygen atoms in total. The maximum absolute atomic E-state index is 13.8. The van der Waals surface area contributed by atoms with Gasteiger partial charge < -0.3 is 4.52 Å². The molecule has 0 aliphatic heterocycles. The largest absolute Gasteiger partial charge is 0.339 e. The Morgan fingerprint density at radius 1 is 1.16 bits per heavy atom. The second-order valence-corrected chi connectivity index (χ2v) is 7.67. The SMILES string of the molecule is Cc1ccc(-c2noc(CCCN(C)C(C)c3ccc(-n4cncn4)cc3)n2)cc1F. The third-order valence-electron chi connectivity index (χ3n) is 5.52. The number of aromatic nitrogens is 5. The van der Waals surface area contributed by atoms with Crippen LogP contribution in [0.25, 0.3) is 17.1 Å². The minimum absolute atomic E-state index is 0.263. The predicted molar refractivity (Wildman–Crippen MR) is 115 cm³/mol. The Hall–Kier alpha value is -3.39. The number of aryl methyl sites for hydroxylation is 2. The van der Waals surface area contributed by atoms with Crippen molar-refractivity contribution in [1.29, 1.82) is 0 Å². The van der Waals surface area contributed by atoms with Crippen LogP contribution in [0.2, 0.25) is 0 Å². The Kier molecular flexibility index (Phi) is 6.18. The summed E-state index contributed by atoms with van der Waals surface area (Å²) >= 11 is 0. The third kappa shape index (κ3) is 4.86. The zero-order valence-electron chi connectivity index (χ0n) is 17.9. The molecular weight excluding hydrogens is 395 g/mol. The summed E-state index contributed by atoms with van der Waals surface area (Å²) in [5, 5.41) is 8.14. The molecule has 0 aliphatic rings. The van der Waals surface area contributed by atoms with Crippen LogP contribution in [0.4, 0.5) is 4.39 Å². The van der Waals surface area contributed by atoms with Gasteiger partial charge in [0.25, 0.3) is 0 Å². The standard InChI is InChI=1S/C23H25FN6O/c1-16-6-7-19(13-21(16)24)23-27-22(31-28-23)5-4-12-29(3)17(2)18-8-10-20(11-9-18)30-15-25-14-26-30/h6-11,13-15,17H,4-5,12H2,1-3H3. The first-order valence-corrected chi connectivity index (χ1v) is 10.3. The van der Waals surface area contributed by atoms with Crippen LogP contribution >= 0.6 is 0 Å². The quantitative estimate of drug-likeness (QED) is 0.421. The molecule has 31 heavy (non-hydrogen) atoms. The van der Waals surface area contributed by atoms with Gasteiger partial charge in [-0.05, 0) is 63.2 Å². The smallest absolute Gasteiger partial charge is 0.227 e. The summed E-state index contributed by atoms with van der Waals surface area (Å²) in [6.45, 7) is 4.79. The molecule has 2 aromatic heterocycles. The molecule has 2 heterocycles. The van der Waals surface area contributed by atoms with E-state index in [-0.39, 0.29) is 11.9 Å². The number of benzene rings is 2. The second-order valence-electron chi connectivity index (χ2n) is 7.67. The monoisotopic (exact) mass is 420 g/mol. The molecule has 4 aromatic rings. The first kappa shape index (κ1) is 20.9. The fraction of sp³-hybridized carbons (Fsp3) is 0.304. The zero-order valence-corrected chi connectivity index (χ0v) is 17.9. The Labute approximate surface area is 180 Å². The molecule has 0 fully saturated rings. The van der Waals surface area contributed by atoms with Gasteiger partial charge >= 0.3 is 0 Å². The predicted octanol–water partition coefficient (Wildman–Crippen LogP) is 4.39. The summed E-state index contributed by atoms with van der Waals surface area (Å²) in [5.74, 6) is 0.714. The molecule has 0 bridgehead atoms. The third-order valence-corrected chi connectivity index (χ3v) is 5.52. The Morgan fingerprint density at radius 3 is 2.68 bits per heavy atom. The normalized spacial score (nSPS) is 12.4. The van der Waals surface area contributed by atoms with Crippen molar-refractivity contribution < 1.29 is 8.91 Å². The van der Waals surface area contributed by atoms with E-state index < -0.39 is 0 Å². The van der Waals surface area contributed by atoms with Gasteiger partial charge in [-0.15, -0.1) is 0 Å². The van der Waals surface area contributed by atoms with Gasteiger partial charge in [-0.3, -0.25) is 4.90 Å². The van der Waals surface area contributed by atoms with E-state index in [1.807, 2.05) is 12.1 Å². The molecule has 0 N–H and O–H groups in total.